The molecule has 1 aliphatic carbocycles. The van der Waals surface area contributed by atoms with Crippen molar-refractivity contribution < 1.29 is 8.42 Å². The molecule has 0 aliphatic heterocycles. The van der Waals surface area contributed by atoms with Gasteiger partial charge in [0.15, 0.2) is 0 Å². The Balaban J connectivity index is 2.12. The molecule has 0 bridgehead atoms. The monoisotopic (exact) mass is 296 g/mol. The maximum atomic E-state index is 12.4. The Morgan fingerprint density at radius 2 is 2.10 bits per heavy atom. The number of nitrogens with two attached hydrogens (primary N) is 1. The van der Waals surface area contributed by atoms with Gasteiger partial charge in [0, 0.05) is 12.2 Å². The molecule has 0 saturated heterocycles. The van der Waals surface area contributed by atoms with Gasteiger partial charge in [0.2, 0.25) is 10.0 Å². The minimum Gasteiger partial charge on any atom is -0.399 e. The number of benzene rings is 1. The first-order valence-corrected chi connectivity index (χ1v) is 8.78. The topological polar surface area (TPSA) is 72.2 Å². The molecule has 1 aromatic carbocycles. The van der Waals surface area contributed by atoms with Gasteiger partial charge in [0.25, 0.3) is 0 Å². The van der Waals surface area contributed by atoms with Crippen molar-refractivity contribution in [3.05, 3.63) is 23.8 Å². The summed E-state index contributed by atoms with van der Waals surface area (Å²) in [5.74, 6) is 1.17. The van der Waals surface area contributed by atoms with E-state index < -0.39 is 10.0 Å². The molecule has 112 valence electrons. The smallest absolute Gasteiger partial charge is 0.240 e. The van der Waals surface area contributed by atoms with Crippen molar-refractivity contribution in [2.45, 2.75) is 44.4 Å². The van der Waals surface area contributed by atoms with Crippen LogP contribution >= 0.6 is 0 Å². The maximum Gasteiger partial charge on any atom is 0.240 e. The standard InChI is InChI=1S/C15H24N2O2S/c1-3-13-6-7-14(16)9-15(13)20(18,19)17-10-12-5-4-11(2)8-12/h6-7,9,11-12,17H,3-5,8,10,16H2,1-2H3. The van der Waals surface area contributed by atoms with Crippen LogP contribution in [0.1, 0.15) is 38.7 Å². The first kappa shape index (κ1) is 15.3. The Hall–Kier alpha value is -1.07. The highest BCUT2D eigenvalue weighted by molar-refractivity contribution is 7.89. The lowest BCUT2D eigenvalue weighted by atomic mass is 10.1. The molecule has 1 saturated carbocycles. The molecule has 2 rings (SSSR count). The van der Waals surface area contributed by atoms with Gasteiger partial charge in [0.1, 0.15) is 0 Å². The number of anilines is 1. The molecular formula is C15H24N2O2S. The lowest BCUT2D eigenvalue weighted by Crippen LogP contribution is -2.29. The second kappa shape index (κ2) is 6.14. The van der Waals surface area contributed by atoms with E-state index in [1.54, 1.807) is 18.2 Å². The van der Waals surface area contributed by atoms with Crippen LogP contribution in [0.5, 0.6) is 0 Å². The van der Waals surface area contributed by atoms with Gasteiger partial charge in [-0.1, -0.05) is 26.3 Å². The minimum atomic E-state index is -3.46. The Kier molecular flexibility index (Phi) is 4.70. The molecule has 0 heterocycles. The van der Waals surface area contributed by atoms with Gasteiger partial charge in [-0.3, -0.25) is 0 Å². The van der Waals surface area contributed by atoms with Crippen LogP contribution < -0.4 is 10.5 Å². The lowest BCUT2D eigenvalue weighted by Gasteiger charge is -2.14. The molecule has 3 N–H and O–H groups in total. The summed E-state index contributed by atoms with van der Waals surface area (Å²) in [5.41, 5.74) is 7.02. The third-order valence-corrected chi connectivity index (χ3v) is 5.63. The molecule has 2 atom stereocenters. The van der Waals surface area contributed by atoms with Gasteiger partial charge in [-0.2, -0.15) is 0 Å². The normalized spacial score (nSPS) is 23.1. The third kappa shape index (κ3) is 3.52. The molecule has 2 unspecified atom stereocenters. The van der Waals surface area contributed by atoms with E-state index in [-0.39, 0.29) is 0 Å². The second-order valence-corrected chi connectivity index (χ2v) is 7.59. The summed E-state index contributed by atoms with van der Waals surface area (Å²) in [5, 5.41) is 0. The molecule has 1 fully saturated rings. The number of nitrogens with one attached hydrogen (secondary N) is 1. The van der Waals surface area contributed by atoms with Crippen molar-refractivity contribution in [1.82, 2.24) is 4.72 Å². The van der Waals surface area contributed by atoms with Crippen molar-refractivity contribution in [3.63, 3.8) is 0 Å². The van der Waals surface area contributed by atoms with Crippen LogP contribution in [-0.4, -0.2) is 15.0 Å². The summed E-state index contributed by atoms with van der Waals surface area (Å²) in [6.45, 7) is 4.70. The van der Waals surface area contributed by atoms with E-state index in [9.17, 15) is 8.42 Å². The highest BCUT2D eigenvalue weighted by atomic mass is 32.2. The van der Waals surface area contributed by atoms with Crippen LogP contribution in [-0.2, 0) is 16.4 Å². The zero-order valence-electron chi connectivity index (χ0n) is 12.2. The van der Waals surface area contributed by atoms with E-state index in [0.717, 1.165) is 18.4 Å². The average Bonchev–Trinajstić information content (AvgIpc) is 2.82. The number of hydrogen-bond acceptors (Lipinski definition) is 3. The third-order valence-electron chi connectivity index (χ3n) is 4.13. The van der Waals surface area contributed by atoms with E-state index in [1.807, 2.05) is 6.92 Å². The summed E-state index contributed by atoms with van der Waals surface area (Å²) < 4.78 is 27.6. The Morgan fingerprint density at radius 1 is 1.35 bits per heavy atom. The first-order valence-electron chi connectivity index (χ1n) is 7.30. The van der Waals surface area contributed by atoms with Crippen LogP contribution in [0.25, 0.3) is 0 Å². The summed E-state index contributed by atoms with van der Waals surface area (Å²) >= 11 is 0. The van der Waals surface area contributed by atoms with Gasteiger partial charge in [-0.05, 0) is 48.8 Å². The molecule has 1 aliphatic rings. The minimum absolute atomic E-state index is 0.325. The summed E-state index contributed by atoms with van der Waals surface area (Å²) in [7, 11) is -3.46. The molecule has 5 heteroatoms. The van der Waals surface area contributed by atoms with Crippen LogP contribution in [0.4, 0.5) is 5.69 Å². The van der Waals surface area contributed by atoms with Gasteiger partial charge >= 0.3 is 0 Å². The van der Waals surface area contributed by atoms with Crippen molar-refractivity contribution in [3.8, 4) is 0 Å². The lowest BCUT2D eigenvalue weighted by molar-refractivity contribution is 0.498. The number of rotatable bonds is 5. The van der Waals surface area contributed by atoms with Crippen LogP contribution in [0, 0.1) is 11.8 Å². The predicted octanol–water partition coefficient (Wildman–Crippen LogP) is 2.55. The van der Waals surface area contributed by atoms with Crippen molar-refractivity contribution in [1.29, 1.82) is 0 Å². The Labute approximate surface area is 121 Å². The summed E-state index contributed by atoms with van der Waals surface area (Å²) in [4.78, 5) is 0.325. The van der Waals surface area contributed by atoms with Crippen molar-refractivity contribution in [2.75, 3.05) is 12.3 Å². The Bertz CT molecular complexity index is 569. The second-order valence-electron chi connectivity index (χ2n) is 5.86. The zero-order chi connectivity index (χ0) is 14.8. The number of aryl methyl sites for hydroxylation is 1. The molecule has 20 heavy (non-hydrogen) atoms. The molecule has 4 nitrogen and oxygen atoms in total. The largest absolute Gasteiger partial charge is 0.399 e. The highest BCUT2D eigenvalue weighted by Crippen LogP contribution is 2.30. The van der Waals surface area contributed by atoms with E-state index in [0.29, 0.717) is 35.4 Å². The average molecular weight is 296 g/mol. The zero-order valence-corrected chi connectivity index (χ0v) is 13.0. The molecule has 0 radical (unpaired) electrons. The number of hydrogen-bond donors (Lipinski definition) is 2. The molecule has 0 aromatic heterocycles. The van der Waals surface area contributed by atoms with Gasteiger partial charge in [-0.15, -0.1) is 0 Å². The van der Waals surface area contributed by atoms with Gasteiger partial charge in [-0.25, -0.2) is 13.1 Å². The Morgan fingerprint density at radius 3 is 2.70 bits per heavy atom. The quantitative estimate of drug-likeness (QED) is 0.820. The van der Waals surface area contributed by atoms with Crippen molar-refractivity contribution in [2.24, 2.45) is 11.8 Å². The van der Waals surface area contributed by atoms with Crippen LogP contribution in [0.2, 0.25) is 0 Å². The molecule has 0 spiro atoms. The molecule has 0 amide bonds. The van der Waals surface area contributed by atoms with Crippen LogP contribution in [0.3, 0.4) is 0 Å². The van der Waals surface area contributed by atoms with E-state index in [4.69, 9.17) is 5.73 Å². The fourth-order valence-corrected chi connectivity index (χ4v) is 4.39. The van der Waals surface area contributed by atoms with Crippen LogP contribution in [0.15, 0.2) is 23.1 Å². The van der Waals surface area contributed by atoms with E-state index >= 15 is 0 Å². The summed E-state index contributed by atoms with van der Waals surface area (Å²) in [6.07, 6.45) is 4.10. The predicted molar refractivity (Wildman–Crippen MR) is 81.9 cm³/mol. The fraction of sp³-hybridized carbons (Fsp3) is 0.600. The van der Waals surface area contributed by atoms with E-state index in [1.165, 1.54) is 6.42 Å². The van der Waals surface area contributed by atoms with E-state index in [2.05, 4.69) is 11.6 Å². The SMILES string of the molecule is CCc1ccc(N)cc1S(=O)(=O)NCC1CCC(C)C1. The van der Waals surface area contributed by atoms with Gasteiger partial charge < -0.3 is 5.73 Å². The summed E-state index contributed by atoms with van der Waals surface area (Å²) in [6, 6.07) is 5.09. The maximum absolute atomic E-state index is 12.4. The first-order chi connectivity index (χ1) is 9.42. The number of sulfonamides is 1. The molecular weight excluding hydrogens is 272 g/mol. The van der Waals surface area contributed by atoms with Crippen molar-refractivity contribution >= 4 is 15.7 Å². The van der Waals surface area contributed by atoms with Gasteiger partial charge in [0.05, 0.1) is 4.90 Å². The molecule has 1 aromatic rings. The highest BCUT2D eigenvalue weighted by Gasteiger charge is 2.24. The fourth-order valence-electron chi connectivity index (χ4n) is 2.93. The number of nitrogen functional groups attached to an aromatic ring is 1.